The Morgan fingerprint density at radius 1 is 1.19 bits per heavy atom. The van der Waals surface area contributed by atoms with E-state index in [-0.39, 0.29) is 12.5 Å². The Bertz CT molecular complexity index is 1070. The van der Waals surface area contributed by atoms with Crippen molar-refractivity contribution < 1.29 is 19.0 Å². The number of pyridine rings is 1. The second-order valence-corrected chi connectivity index (χ2v) is 7.41. The van der Waals surface area contributed by atoms with Gasteiger partial charge in [-0.2, -0.15) is 0 Å². The van der Waals surface area contributed by atoms with E-state index >= 15 is 0 Å². The van der Waals surface area contributed by atoms with Gasteiger partial charge in [-0.25, -0.2) is 4.98 Å². The first-order chi connectivity index (χ1) is 15.1. The number of benzene rings is 1. The van der Waals surface area contributed by atoms with Crippen molar-refractivity contribution in [3.05, 3.63) is 42.2 Å². The van der Waals surface area contributed by atoms with Crippen LogP contribution >= 0.6 is 0 Å². The number of imidazole rings is 1. The van der Waals surface area contributed by atoms with Gasteiger partial charge in [0.05, 0.1) is 30.3 Å². The second-order valence-electron chi connectivity index (χ2n) is 7.41. The van der Waals surface area contributed by atoms with Crippen molar-refractivity contribution in [1.82, 2.24) is 14.3 Å². The fourth-order valence-corrected chi connectivity index (χ4v) is 3.64. The molecule has 3 aromatic rings. The van der Waals surface area contributed by atoms with Crippen molar-refractivity contribution in [2.24, 2.45) is 0 Å². The number of nitrogens with one attached hydrogen (secondary N) is 1. The molecule has 0 unspecified atom stereocenters. The quantitative estimate of drug-likeness (QED) is 0.540. The Labute approximate surface area is 180 Å². The number of rotatable bonds is 9. The van der Waals surface area contributed by atoms with E-state index in [1.165, 1.54) is 0 Å². The van der Waals surface area contributed by atoms with E-state index in [0.717, 1.165) is 35.7 Å². The highest BCUT2D eigenvalue weighted by Gasteiger charge is 2.21. The molecular weight excluding hydrogens is 398 g/mol. The normalized spacial score (nSPS) is 13.3. The van der Waals surface area contributed by atoms with Gasteiger partial charge < -0.3 is 29.7 Å². The van der Waals surface area contributed by atoms with Crippen LogP contribution in [0.3, 0.4) is 0 Å². The number of amides is 1. The number of methoxy groups -OCH3 is 2. The number of ether oxygens (including phenoxy) is 3. The number of hydrogen-bond acceptors (Lipinski definition) is 7. The van der Waals surface area contributed by atoms with E-state index in [1.807, 2.05) is 40.9 Å². The molecule has 31 heavy (non-hydrogen) atoms. The predicted molar refractivity (Wildman–Crippen MR) is 118 cm³/mol. The van der Waals surface area contributed by atoms with Crippen LogP contribution in [0.4, 0.5) is 11.4 Å². The average molecular weight is 425 g/mol. The largest absolute Gasteiger partial charge is 0.482 e. The third kappa shape index (κ3) is 4.63. The van der Waals surface area contributed by atoms with Gasteiger partial charge in [-0.15, -0.1) is 0 Å². The summed E-state index contributed by atoms with van der Waals surface area (Å²) in [6.07, 6.45) is 1.88. The molecule has 0 saturated heterocycles. The van der Waals surface area contributed by atoms with Crippen LogP contribution in [0.2, 0.25) is 0 Å². The second kappa shape index (κ2) is 9.34. The number of anilines is 2. The Kier molecular flexibility index (Phi) is 6.36. The maximum Gasteiger partial charge on any atom is 0.262 e. The molecule has 0 spiro atoms. The lowest BCUT2D eigenvalue weighted by atomic mass is 10.1. The minimum Gasteiger partial charge on any atom is -0.482 e. The predicted octanol–water partition coefficient (Wildman–Crippen LogP) is 2.01. The van der Waals surface area contributed by atoms with Crippen LogP contribution in [-0.2, 0) is 20.8 Å². The first-order valence-corrected chi connectivity index (χ1v) is 10.1. The molecule has 1 aromatic carbocycles. The van der Waals surface area contributed by atoms with Gasteiger partial charge in [0, 0.05) is 51.3 Å². The Balaban J connectivity index is 1.76. The first-order valence-electron chi connectivity index (χ1n) is 10.1. The molecule has 9 nitrogen and oxygen atoms in total. The number of carbonyl (C=O) groups is 1. The fourth-order valence-electron chi connectivity index (χ4n) is 3.64. The van der Waals surface area contributed by atoms with Crippen LogP contribution in [0.1, 0.15) is 5.69 Å². The summed E-state index contributed by atoms with van der Waals surface area (Å²) in [5, 5.41) is 2.87. The van der Waals surface area contributed by atoms with E-state index in [1.54, 1.807) is 14.2 Å². The molecule has 0 radical (unpaired) electrons. The lowest BCUT2D eigenvalue weighted by molar-refractivity contribution is -0.118. The standard InChI is InChI=1S/C22H27N5O4/c1-29-9-7-26(8-10-30-2)13-18-22(25-20-6-4-16(23)12-27(18)20)15-3-5-19-17(11-15)24-21(28)14-31-19/h3-6,11-12H,7-10,13-14,23H2,1-2H3,(H,24,28). The monoisotopic (exact) mass is 425 g/mol. The molecule has 3 heterocycles. The molecule has 0 atom stereocenters. The Hall–Kier alpha value is -3.14. The smallest absolute Gasteiger partial charge is 0.262 e. The lowest BCUT2D eigenvalue weighted by Gasteiger charge is -2.22. The number of nitrogens with zero attached hydrogens (tertiary/aromatic N) is 3. The molecule has 2 aromatic heterocycles. The van der Waals surface area contributed by atoms with Crippen LogP contribution < -0.4 is 15.8 Å². The van der Waals surface area contributed by atoms with Crippen molar-refractivity contribution in [3.8, 4) is 17.0 Å². The maximum atomic E-state index is 11.8. The highest BCUT2D eigenvalue weighted by atomic mass is 16.5. The van der Waals surface area contributed by atoms with Gasteiger partial charge in [-0.05, 0) is 30.3 Å². The topological polar surface area (TPSA) is 103 Å². The van der Waals surface area contributed by atoms with Gasteiger partial charge in [0.15, 0.2) is 6.61 Å². The molecule has 3 N–H and O–H groups in total. The van der Waals surface area contributed by atoms with Crippen molar-refractivity contribution in [2.75, 3.05) is 58.2 Å². The minimum absolute atomic E-state index is 0.0270. The molecule has 0 bridgehead atoms. The molecule has 1 aliphatic rings. The molecule has 1 amide bonds. The van der Waals surface area contributed by atoms with Crippen molar-refractivity contribution in [1.29, 1.82) is 0 Å². The van der Waals surface area contributed by atoms with Gasteiger partial charge in [0.25, 0.3) is 5.91 Å². The summed E-state index contributed by atoms with van der Waals surface area (Å²) >= 11 is 0. The number of hydrogen-bond donors (Lipinski definition) is 2. The van der Waals surface area contributed by atoms with Crippen LogP contribution in [0.25, 0.3) is 16.9 Å². The zero-order valence-electron chi connectivity index (χ0n) is 17.8. The molecule has 0 aliphatic carbocycles. The molecule has 0 fully saturated rings. The Morgan fingerprint density at radius 2 is 1.97 bits per heavy atom. The summed E-state index contributed by atoms with van der Waals surface area (Å²) < 4.78 is 18.1. The lowest BCUT2D eigenvalue weighted by Crippen LogP contribution is -2.31. The number of nitrogen functional groups attached to an aromatic ring is 1. The van der Waals surface area contributed by atoms with Gasteiger partial charge in [-0.1, -0.05) is 0 Å². The zero-order valence-corrected chi connectivity index (χ0v) is 17.8. The summed E-state index contributed by atoms with van der Waals surface area (Å²) in [6.45, 7) is 3.39. The summed E-state index contributed by atoms with van der Waals surface area (Å²) in [4.78, 5) is 18.9. The first kappa shape index (κ1) is 21.1. The van der Waals surface area contributed by atoms with E-state index in [2.05, 4.69) is 10.2 Å². The minimum atomic E-state index is -0.169. The van der Waals surface area contributed by atoms with Gasteiger partial charge in [0.2, 0.25) is 0 Å². The van der Waals surface area contributed by atoms with Gasteiger partial charge >= 0.3 is 0 Å². The van der Waals surface area contributed by atoms with E-state index in [9.17, 15) is 4.79 Å². The van der Waals surface area contributed by atoms with Crippen LogP contribution in [0.5, 0.6) is 5.75 Å². The molecule has 0 saturated carbocycles. The fraction of sp³-hybridized carbons (Fsp3) is 0.364. The molecule has 9 heteroatoms. The SMILES string of the molecule is COCCN(CCOC)Cc1c(-c2ccc3c(c2)NC(=O)CO3)nc2ccc(N)cn12. The molecule has 1 aliphatic heterocycles. The third-order valence-electron chi connectivity index (χ3n) is 5.22. The van der Waals surface area contributed by atoms with E-state index in [4.69, 9.17) is 24.9 Å². The summed E-state index contributed by atoms with van der Waals surface area (Å²) in [5.74, 6) is 0.484. The number of aromatic nitrogens is 2. The highest BCUT2D eigenvalue weighted by Crippen LogP contribution is 2.34. The third-order valence-corrected chi connectivity index (χ3v) is 5.22. The highest BCUT2D eigenvalue weighted by molar-refractivity contribution is 5.96. The molecular formula is C22H27N5O4. The number of fused-ring (bicyclic) bond motifs is 2. The van der Waals surface area contributed by atoms with Gasteiger partial charge in [-0.3, -0.25) is 9.69 Å². The van der Waals surface area contributed by atoms with Crippen molar-refractivity contribution >= 4 is 22.9 Å². The van der Waals surface area contributed by atoms with E-state index in [0.29, 0.717) is 36.9 Å². The van der Waals surface area contributed by atoms with Crippen LogP contribution in [-0.4, -0.2) is 67.3 Å². The van der Waals surface area contributed by atoms with Crippen LogP contribution in [0.15, 0.2) is 36.5 Å². The molecule has 4 rings (SSSR count). The van der Waals surface area contributed by atoms with Crippen molar-refractivity contribution in [3.63, 3.8) is 0 Å². The summed E-state index contributed by atoms with van der Waals surface area (Å²) in [6, 6.07) is 9.46. The zero-order chi connectivity index (χ0) is 21.8. The molecule has 164 valence electrons. The number of carbonyl (C=O) groups excluding carboxylic acids is 1. The van der Waals surface area contributed by atoms with Gasteiger partial charge in [0.1, 0.15) is 11.4 Å². The van der Waals surface area contributed by atoms with E-state index < -0.39 is 0 Å². The Morgan fingerprint density at radius 3 is 2.71 bits per heavy atom. The van der Waals surface area contributed by atoms with Crippen molar-refractivity contribution in [2.45, 2.75) is 6.54 Å². The van der Waals surface area contributed by atoms with Crippen LogP contribution in [0, 0.1) is 0 Å². The summed E-state index contributed by atoms with van der Waals surface area (Å²) in [7, 11) is 3.39. The summed E-state index contributed by atoms with van der Waals surface area (Å²) in [5.41, 5.74) is 10.9. The maximum absolute atomic E-state index is 11.8. The number of nitrogens with two attached hydrogens (primary N) is 1. The average Bonchev–Trinajstić information content (AvgIpc) is 3.12.